The van der Waals surface area contributed by atoms with Crippen LogP contribution in [0.2, 0.25) is 0 Å². The number of rotatable bonds is 5. The summed E-state index contributed by atoms with van der Waals surface area (Å²) in [6.45, 7) is 1.69. The van der Waals surface area contributed by atoms with Gasteiger partial charge >= 0.3 is 0 Å². The molecule has 0 radical (unpaired) electrons. The van der Waals surface area contributed by atoms with Gasteiger partial charge in [0.05, 0.1) is 16.2 Å². The van der Waals surface area contributed by atoms with Crippen molar-refractivity contribution in [3.63, 3.8) is 0 Å². The smallest absolute Gasteiger partial charge is 0.258 e. The number of benzene rings is 1. The van der Waals surface area contributed by atoms with Gasteiger partial charge < -0.3 is 10.1 Å². The third-order valence-corrected chi connectivity index (χ3v) is 3.38. The van der Waals surface area contributed by atoms with Crippen LogP contribution >= 0.6 is 15.9 Å². The summed E-state index contributed by atoms with van der Waals surface area (Å²) in [5.74, 6) is -0.233. The van der Waals surface area contributed by atoms with Crippen LogP contribution in [-0.2, 0) is 4.79 Å². The highest BCUT2D eigenvalue weighted by Gasteiger charge is 2.11. The zero-order chi connectivity index (χ0) is 15.2. The molecular weight excluding hydrogens is 339 g/mol. The van der Waals surface area contributed by atoms with Crippen LogP contribution in [0.4, 0.5) is 4.39 Å². The minimum Gasteiger partial charge on any atom is -0.483 e. The fraction of sp³-hybridized carbons (Fsp3) is 0.200. The molecule has 1 heterocycles. The summed E-state index contributed by atoms with van der Waals surface area (Å²) in [7, 11) is 0. The van der Waals surface area contributed by atoms with Gasteiger partial charge in [0.2, 0.25) is 0 Å². The molecule has 0 aliphatic carbocycles. The molecule has 1 aromatic carbocycles. The molecule has 110 valence electrons. The summed E-state index contributed by atoms with van der Waals surface area (Å²) in [6.07, 6.45) is 1.67. The van der Waals surface area contributed by atoms with Crippen molar-refractivity contribution in [1.82, 2.24) is 10.3 Å². The lowest BCUT2D eigenvalue weighted by atomic mass is 10.2. The molecule has 0 unspecified atom stereocenters. The van der Waals surface area contributed by atoms with Crippen LogP contribution in [0, 0.1) is 5.82 Å². The SMILES string of the molecule is C[C@H](NC(=O)COc1ccc(F)cc1Br)c1ccccn1. The van der Waals surface area contributed by atoms with E-state index < -0.39 is 0 Å². The first kappa shape index (κ1) is 15.4. The second-order valence-corrected chi connectivity index (χ2v) is 5.26. The summed E-state index contributed by atoms with van der Waals surface area (Å²) in [5.41, 5.74) is 0.772. The fourth-order valence-corrected chi connectivity index (χ4v) is 2.19. The number of hydrogen-bond donors (Lipinski definition) is 1. The number of carbonyl (C=O) groups is 1. The molecule has 0 fully saturated rings. The molecular formula is C15H14BrFN2O2. The van der Waals surface area contributed by atoms with Crippen molar-refractivity contribution in [3.8, 4) is 5.75 Å². The van der Waals surface area contributed by atoms with E-state index in [1.54, 1.807) is 6.20 Å². The summed E-state index contributed by atoms with van der Waals surface area (Å²) in [4.78, 5) is 16.0. The van der Waals surface area contributed by atoms with Crippen LogP contribution in [0.25, 0.3) is 0 Å². The van der Waals surface area contributed by atoms with Crippen molar-refractivity contribution < 1.29 is 13.9 Å². The Kier molecular flexibility index (Phi) is 5.27. The molecule has 21 heavy (non-hydrogen) atoms. The number of halogens is 2. The van der Waals surface area contributed by atoms with E-state index in [9.17, 15) is 9.18 Å². The van der Waals surface area contributed by atoms with Gasteiger partial charge in [0.1, 0.15) is 11.6 Å². The third kappa shape index (κ3) is 4.53. The van der Waals surface area contributed by atoms with Crippen molar-refractivity contribution >= 4 is 21.8 Å². The quantitative estimate of drug-likeness (QED) is 0.898. The van der Waals surface area contributed by atoms with Crippen molar-refractivity contribution in [3.05, 3.63) is 58.6 Å². The zero-order valence-electron chi connectivity index (χ0n) is 11.3. The first-order chi connectivity index (χ1) is 10.1. The largest absolute Gasteiger partial charge is 0.483 e. The lowest BCUT2D eigenvalue weighted by Crippen LogP contribution is -2.31. The molecule has 0 saturated heterocycles. The van der Waals surface area contributed by atoms with Gasteiger partial charge in [-0.15, -0.1) is 0 Å². The highest BCUT2D eigenvalue weighted by Crippen LogP contribution is 2.25. The predicted molar refractivity (Wildman–Crippen MR) is 80.4 cm³/mol. The number of nitrogens with zero attached hydrogens (tertiary/aromatic N) is 1. The van der Waals surface area contributed by atoms with E-state index in [1.165, 1.54) is 18.2 Å². The van der Waals surface area contributed by atoms with Gasteiger partial charge in [-0.3, -0.25) is 9.78 Å². The number of hydrogen-bond acceptors (Lipinski definition) is 3. The van der Waals surface area contributed by atoms with E-state index in [4.69, 9.17) is 4.74 Å². The molecule has 4 nitrogen and oxygen atoms in total. The second kappa shape index (κ2) is 7.17. The van der Waals surface area contributed by atoms with Gasteiger partial charge in [-0.25, -0.2) is 4.39 Å². The summed E-state index contributed by atoms with van der Waals surface area (Å²) in [5, 5.41) is 2.78. The van der Waals surface area contributed by atoms with Crippen LogP contribution < -0.4 is 10.1 Å². The molecule has 0 aliphatic rings. The molecule has 0 saturated carbocycles. The molecule has 2 rings (SSSR count). The number of ether oxygens (including phenoxy) is 1. The van der Waals surface area contributed by atoms with Gasteiger partial charge in [0.15, 0.2) is 6.61 Å². The van der Waals surface area contributed by atoms with Crippen molar-refractivity contribution in [1.29, 1.82) is 0 Å². The van der Waals surface area contributed by atoms with Gasteiger partial charge in [0.25, 0.3) is 5.91 Å². The zero-order valence-corrected chi connectivity index (χ0v) is 12.9. The number of carbonyl (C=O) groups excluding carboxylic acids is 1. The maximum atomic E-state index is 12.9. The average Bonchev–Trinajstić information content (AvgIpc) is 2.47. The van der Waals surface area contributed by atoms with Crippen LogP contribution in [-0.4, -0.2) is 17.5 Å². The number of nitrogens with one attached hydrogen (secondary N) is 1. The number of amides is 1. The fourth-order valence-electron chi connectivity index (χ4n) is 1.72. The summed E-state index contributed by atoms with van der Waals surface area (Å²) >= 11 is 3.18. The molecule has 1 aromatic heterocycles. The Balaban J connectivity index is 1.87. The minimum atomic E-state index is -0.373. The molecule has 6 heteroatoms. The van der Waals surface area contributed by atoms with E-state index in [2.05, 4.69) is 26.2 Å². The van der Waals surface area contributed by atoms with Crippen molar-refractivity contribution in [2.24, 2.45) is 0 Å². The first-order valence-electron chi connectivity index (χ1n) is 6.34. The minimum absolute atomic E-state index is 0.151. The molecule has 1 N–H and O–H groups in total. The molecule has 0 bridgehead atoms. The summed E-state index contributed by atoms with van der Waals surface area (Å²) < 4.78 is 18.7. The standard InChI is InChI=1S/C15H14BrFN2O2/c1-10(13-4-2-3-7-18-13)19-15(20)9-21-14-6-5-11(17)8-12(14)16/h2-8,10H,9H2,1H3,(H,19,20)/t10-/m0/s1. The topological polar surface area (TPSA) is 51.2 Å². The van der Waals surface area contributed by atoms with E-state index >= 15 is 0 Å². The molecule has 2 aromatic rings. The molecule has 0 aliphatic heterocycles. The Bertz CT molecular complexity index is 622. The number of pyridine rings is 1. The number of aromatic nitrogens is 1. The van der Waals surface area contributed by atoms with Crippen LogP contribution in [0.3, 0.4) is 0 Å². The Morgan fingerprint density at radius 1 is 1.43 bits per heavy atom. The first-order valence-corrected chi connectivity index (χ1v) is 7.13. The second-order valence-electron chi connectivity index (χ2n) is 4.41. The van der Waals surface area contributed by atoms with Gasteiger partial charge in [0, 0.05) is 6.20 Å². The third-order valence-electron chi connectivity index (χ3n) is 2.76. The van der Waals surface area contributed by atoms with Gasteiger partial charge in [-0.05, 0) is 53.2 Å². The highest BCUT2D eigenvalue weighted by atomic mass is 79.9. The van der Waals surface area contributed by atoms with Gasteiger partial charge in [-0.1, -0.05) is 6.07 Å². The molecule has 1 amide bonds. The Morgan fingerprint density at radius 3 is 2.90 bits per heavy atom. The van der Waals surface area contributed by atoms with E-state index in [0.717, 1.165) is 5.69 Å². The Morgan fingerprint density at radius 2 is 2.24 bits per heavy atom. The highest BCUT2D eigenvalue weighted by molar-refractivity contribution is 9.10. The Hall–Kier alpha value is -1.95. The maximum Gasteiger partial charge on any atom is 0.258 e. The van der Waals surface area contributed by atoms with Crippen molar-refractivity contribution in [2.75, 3.05) is 6.61 Å². The maximum absolute atomic E-state index is 12.9. The van der Waals surface area contributed by atoms with E-state index in [1.807, 2.05) is 25.1 Å². The predicted octanol–water partition coefficient (Wildman–Crippen LogP) is 3.24. The summed E-state index contributed by atoms with van der Waals surface area (Å²) in [6, 6.07) is 9.32. The molecule has 1 atom stereocenters. The molecule has 0 spiro atoms. The Labute approximate surface area is 130 Å². The lowest BCUT2D eigenvalue weighted by molar-refractivity contribution is -0.123. The van der Waals surface area contributed by atoms with Crippen molar-refractivity contribution in [2.45, 2.75) is 13.0 Å². The van der Waals surface area contributed by atoms with E-state index in [-0.39, 0.29) is 24.4 Å². The monoisotopic (exact) mass is 352 g/mol. The lowest BCUT2D eigenvalue weighted by Gasteiger charge is -2.14. The van der Waals surface area contributed by atoms with Crippen LogP contribution in [0.1, 0.15) is 18.7 Å². The van der Waals surface area contributed by atoms with Gasteiger partial charge in [-0.2, -0.15) is 0 Å². The van der Waals surface area contributed by atoms with Crippen LogP contribution in [0.15, 0.2) is 47.1 Å². The average molecular weight is 353 g/mol. The normalized spacial score (nSPS) is 11.8. The van der Waals surface area contributed by atoms with Crippen LogP contribution in [0.5, 0.6) is 5.75 Å². The van der Waals surface area contributed by atoms with E-state index in [0.29, 0.717) is 10.2 Å².